The zero-order chi connectivity index (χ0) is 21.3. The molecule has 0 radical (unpaired) electrons. The van der Waals surface area contributed by atoms with Crippen molar-refractivity contribution in [3.05, 3.63) is 102 Å². The Bertz CT molecular complexity index is 1050. The molecule has 2 N–H and O–H groups in total. The van der Waals surface area contributed by atoms with E-state index in [4.69, 9.17) is 4.74 Å². The van der Waals surface area contributed by atoms with Crippen molar-refractivity contribution in [2.75, 3.05) is 11.9 Å². The maximum atomic E-state index is 14.1. The number of carbonyl (C=O) groups excluding carboxylic acids is 2. The van der Waals surface area contributed by atoms with Gasteiger partial charge in [0.15, 0.2) is 0 Å². The van der Waals surface area contributed by atoms with Gasteiger partial charge in [0.2, 0.25) is 0 Å². The zero-order valence-corrected chi connectivity index (χ0v) is 16.4. The van der Waals surface area contributed by atoms with Crippen LogP contribution in [0.2, 0.25) is 0 Å². The number of ether oxygens (including phenoxy) is 1. The van der Waals surface area contributed by atoms with Crippen molar-refractivity contribution in [1.82, 2.24) is 5.32 Å². The molecule has 3 aromatic rings. The summed E-state index contributed by atoms with van der Waals surface area (Å²) in [5.74, 6) is -0.875. The van der Waals surface area contributed by atoms with E-state index in [0.29, 0.717) is 23.6 Å². The van der Waals surface area contributed by atoms with E-state index in [0.717, 1.165) is 0 Å². The average Bonchev–Trinajstić information content (AvgIpc) is 2.77. The first-order chi connectivity index (χ1) is 14.6. The molecular weight excluding hydrogens is 383 g/mol. The third kappa shape index (κ3) is 5.54. The third-order valence-corrected chi connectivity index (χ3v) is 4.16. The predicted octanol–water partition coefficient (Wildman–Crippen LogP) is 4.63. The van der Waals surface area contributed by atoms with E-state index in [1.165, 1.54) is 18.2 Å². The van der Waals surface area contributed by atoms with Crippen molar-refractivity contribution in [3.8, 4) is 5.75 Å². The molecular formula is C24H21FN2O3. The molecule has 152 valence electrons. The van der Waals surface area contributed by atoms with Crippen LogP contribution in [0.1, 0.15) is 22.8 Å². The van der Waals surface area contributed by atoms with Gasteiger partial charge in [-0.1, -0.05) is 36.4 Å². The Morgan fingerprint density at radius 1 is 0.933 bits per heavy atom. The fraction of sp³-hybridized carbons (Fsp3) is 0.0833. The highest BCUT2D eigenvalue weighted by Crippen LogP contribution is 2.17. The van der Waals surface area contributed by atoms with Gasteiger partial charge >= 0.3 is 0 Å². The second kappa shape index (κ2) is 10.0. The van der Waals surface area contributed by atoms with Gasteiger partial charge in [0.25, 0.3) is 11.8 Å². The van der Waals surface area contributed by atoms with Crippen molar-refractivity contribution >= 4 is 23.6 Å². The summed E-state index contributed by atoms with van der Waals surface area (Å²) in [5, 5.41) is 5.29. The smallest absolute Gasteiger partial charge is 0.272 e. The lowest BCUT2D eigenvalue weighted by atomic mass is 10.1. The number of carbonyl (C=O) groups is 2. The molecule has 3 aromatic carbocycles. The Labute approximate surface area is 174 Å². The minimum absolute atomic E-state index is 0.0807. The van der Waals surface area contributed by atoms with Gasteiger partial charge < -0.3 is 15.4 Å². The monoisotopic (exact) mass is 404 g/mol. The van der Waals surface area contributed by atoms with Crippen molar-refractivity contribution in [2.45, 2.75) is 6.92 Å². The van der Waals surface area contributed by atoms with Crippen LogP contribution >= 0.6 is 0 Å². The highest BCUT2D eigenvalue weighted by Gasteiger charge is 2.16. The summed E-state index contributed by atoms with van der Waals surface area (Å²) in [6, 6.07) is 21.3. The van der Waals surface area contributed by atoms with Crippen molar-refractivity contribution in [3.63, 3.8) is 0 Å². The van der Waals surface area contributed by atoms with E-state index in [1.807, 2.05) is 6.92 Å². The van der Waals surface area contributed by atoms with Crippen LogP contribution in [0.3, 0.4) is 0 Å². The predicted molar refractivity (Wildman–Crippen MR) is 115 cm³/mol. The number of hydrogen-bond acceptors (Lipinski definition) is 3. The Morgan fingerprint density at radius 2 is 1.60 bits per heavy atom. The molecule has 0 aliphatic rings. The van der Waals surface area contributed by atoms with Gasteiger partial charge in [0.1, 0.15) is 17.3 Å². The average molecular weight is 404 g/mol. The van der Waals surface area contributed by atoms with Gasteiger partial charge in [-0.05, 0) is 55.5 Å². The van der Waals surface area contributed by atoms with Crippen molar-refractivity contribution < 1.29 is 18.7 Å². The van der Waals surface area contributed by atoms with Gasteiger partial charge in [-0.3, -0.25) is 9.59 Å². The van der Waals surface area contributed by atoms with Crippen LogP contribution in [0.15, 0.2) is 84.6 Å². The second-order valence-electron chi connectivity index (χ2n) is 6.31. The summed E-state index contributed by atoms with van der Waals surface area (Å²) in [6.07, 6.45) is 1.31. The van der Waals surface area contributed by atoms with E-state index >= 15 is 0 Å². The minimum Gasteiger partial charge on any atom is -0.494 e. The summed E-state index contributed by atoms with van der Waals surface area (Å²) in [4.78, 5) is 25.4. The van der Waals surface area contributed by atoms with E-state index in [-0.39, 0.29) is 11.3 Å². The standard InChI is InChI=1S/C24H21FN2O3/c1-2-30-20-14-12-19(13-15-20)26-24(29)22(16-18-10-6-7-11-21(18)25)27-23(28)17-8-4-3-5-9-17/h3-16H,2H2,1H3,(H,26,29)(H,27,28)/b22-16-. The van der Waals surface area contributed by atoms with Gasteiger partial charge in [0, 0.05) is 16.8 Å². The number of hydrogen-bond donors (Lipinski definition) is 2. The highest BCUT2D eigenvalue weighted by molar-refractivity contribution is 6.10. The molecule has 0 aliphatic carbocycles. The van der Waals surface area contributed by atoms with Crippen LogP contribution in [0.25, 0.3) is 6.08 Å². The Kier molecular flexibility index (Phi) is 6.95. The molecule has 0 aromatic heterocycles. The Hall–Kier alpha value is -3.93. The Balaban J connectivity index is 1.85. The fourth-order valence-corrected chi connectivity index (χ4v) is 2.69. The first-order valence-electron chi connectivity index (χ1n) is 9.43. The molecule has 0 spiro atoms. The van der Waals surface area contributed by atoms with E-state index in [2.05, 4.69) is 10.6 Å². The summed E-state index contributed by atoms with van der Waals surface area (Å²) < 4.78 is 19.5. The number of amides is 2. The molecule has 0 saturated carbocycles. The van der Waals surface area contributed by atoms with Crippen LogP contribution < -0.4 is 15.4 Å². The molecule has 0 fully saturated rings. The van der Waals surface area contributed by atoms with Crippen molar-refractivity contribution in [1.29, 1.82) is 0 Å². The van der Waals surface area contributed by atoms with Gasteiger partial charge in [-0.25, -0.2) is 4.39 Å². The maximum absolute atomic E-state index is 14.1. The minimum atomic E-state index is -0.577. The van der Waals surface area contributed by atoms with E-state index < -0.39 is 17.6 Å². The summed E-state index contributed by atoms with van der Waals surface area (Å²) >= 11 is 0. The normalized spacial score (nSPS) is 10.9. The third-order valence-electron chi connectivity index (χ3n) is 4.16. The molecule has 0 atom stereocenters. The lowest BCUT2D eigenvalue weighted by Crippen LogP contribution is -2.30. The summed E-state index contributed by atoms with van der Waals surface area (Å²) in [5.41, 5.74) is 0.994. The van der Waals surface area contributed by atoms with Crippen LogP contribution in [0.4, 0.5) is 10.1 Å². The number of halogens is 1. The van der Waals surface area contributed by atoms with E-state index in [9.17, 15) is 14.0 Å². The van der Waals surface area contributed by atoms with E-state index in [1.54, 1.807) is 66.7 Å². The molecule has 0 unspecified atom stereocenters. The molecule has 30 heavy (non-hydrogen) atoms. The molecule has 0 bridgehead atoms. The zero-order valence-electron chi connectivity index (χ0n) is 16.4. The van der Waals surface area contributed by atoms with Crippen LogP contribution in [-0.2, 0) is 4.79 Å². The summed E-state index contributed by atoms with van der Waals surface area (Å²) in [6.45, 7) is 2.41. The maximum Gasteiger partial charge on any atom is 0.272 e. The van der Waals surface area contributed by atoms with Gasteiger partial charge in [-0.2, -0.15) is 0 Å². The number of nitrogens with one attached hydrogen (secondary N) is 2. The highest BCUT2D eigenvalue weighted by atomic mass is 19.1. The first-order valence-corrected chi connectivity index (χ1v) is 9.43. The molecule has 3 rings (SSSR count). The fourth-order valence-electron chi connectivity index (χ4n) is 2.69. The SMILES string of the molecule is CCOc1ccc(NC(=O)/C(=C/c2ccccc2F)NC(=O)c2ccccc2)cc1. The topological polar surface area (TPSA) is 67.4 Å². The van der Waals surface area contributed by atoms with Crippen LogP contribution in [-0.4, -0.2) is 18.4 Å². The lowest BCUT2D eigenvalue weighted by Gasteiger charge is -2.12. The van der Waals surface area contributed by atoms with Gasteiger partial charge in [-0.15, -0.1) is 0 Å². The molecule has 0 aliphatic heterocycles. The van der Waals surface area contributed by atoms with Crippen LogP contribution in [0.5, 0.6) is 5.75 Å². The summed E-state index contributed by atoms with van der Waals surface area (Å²) in [7, 11) is 0. The lowest BCUT2D eigenvalue weighted by molar-refractivity contribution is -0.113. The van der Waals surface area contributed by atoms with Crippen molar-refractivity contribution in [2.24, 2.45) is 0 Å². The molecule has 2 amide bonds. The van der Waals surface area contributed by atoms with Crippen LogP contribution in [0, 0.1) is 5.82 Å². The second-order valence-corrected chi connectivity index (χ2v) is 6.31. The number of rotatable bonds is 7. The Morgan fingerprint density at radius 3 is 2.27 bits per heavy atom. The molecule has 0 saturated heterocycles. The molecule has 0 heterocycles. The first kappa shape index (κ1) is 20.8. The molecule has 5 nitrogen and oxygen atoms in total. The van der Waals surface area contributed by atoms with Gasteiger partial charge in [0.05, 0.1) is 6.61 Å². The quantitative estimate of drug-likeness (QED) is 0.564. The largest absolute Gasteiger partial charge is 0.494 e. The molecule has 6 heteroatoms. The number of benzene rings is 3. The number of anilines is 1.